The molecule has 0 saturated heterocycles. The van der Waals surface area contributed by atoms with E-state index in [1.807, 2.05) is 24.3 Å². The highest BCUT2D eigenvalue weighted by Gasteiger charge is 2.19. The lowest BCUT2D eigenvalue weighted by molar-refractivity contribution is -0.104. The van der Waals surface area contributed by atoms with E-state index in [1.165, 1.54) is 27.4 Å². The Balaban J connectivity index is 0.000000168. The van der Waals surface area contributed by atoms with Crippen molar-refractivity contribution in [3.63, 3.8) is 0 Å². The van der Waals surface area contributed by atoms with Crippen molar-refractivity contribution in [1.29, 1.82) is 0 Å². The van der Waals surface area contributed by atoms with Gasteiger partial charge in [0.25, 0.3) is 5.91 Å². The van der Waals surface area contributed by atoms with Crippen molar-refractivity contribution in [1.82, 2.24) is 9.88 Å². The molecule has 4 aromatic rings. The summed E-state index contributed by atoms with van der Waals surface area (Å²) in [5, 5.41) is 7.28. The fourth-order valence-electron chi connectivity index (χ4n) is 4.32. The normalized spacial score (nSPS) is 11.9. The van der Waals surface area contributed by atoms with E-state index in [9.17, 15) is 14.4 Å². The molecule has 0 bridgehead atoms. The van der Waals surface area contributed by atoms with Crippen LogP contribution in [-0.2, 0) is 24.3 Å². The summed E-state index contributed by atoms with van der Waals surface area (Å²) in [4.78, 5) is 32.6. The topological polar surface area (TPSA) is 68.2 Å². The van der Waals surface area contributed by atoms with E-state index in [1.54, 1.807) is 30.4 Å². The molecule has 5 rings (SSSR count). The maximum atomic E-state index is 11.7. The molecule has 1 aliphatic heterocycles. The van der Waals surface area contributed by atoms with Gasteiger partial charge in [-0.2, -0.15) is 0 Å². The zero-order valence-corrected chi connectivity index (χ0v) is 21.9. The molecule has 0 unspecified atom stereocenters. The van der Waals surface area contributed by atoms with E-state index in [0.717, 1.165) is 41.3 Å². The molecule has 0 aliphatic carbocycles. The second-order valence-electron chi connectivity index (χ2n) is 8.33. The van der Waals surface area contributed by atoms with Crippen LogP contribution in [0.3, 0.4) is 0 Å². The van der Waals surface area contributed by atoms with E-state index in [2.05, 4.69) is 54.0 Å². The van der Waals surface area contributed by atoms with Gasteiger partial charge in [-0.1, -0.05) is 50.3 Å². The predicted octanol–water partition coefficient (Wildman–Crippen LogP) is 6.89. The Hall–Kier alpha value is -3.77. The summed E-state index contributed by atoms with van der Waals surface area (Å²) in [6.45, 7) is 10.9. The van der Waals surface area contributed by atoms with Crippen LogP contribution in [0.4, 0.5) is 0 Å². The first-order valence-corrected chi connectivity index (χ1v) is 13.0. The molecular formula is C30H32N2O3S. The van der Waals surface area contributed by atoms with Gasteiger partial charge in [0, 0.05) is 51.4 Å². The number of aldehydes is 1. The van der Waals surface area contributed by atoms with Crippen molar-refractivity contribution in [2.24, 2.45) is 0 Å². The molecule has 3 heterocycles. The van der Waals surface area contributed by atoms with Crippen LogP contribution < -0.4 is 5.32 Å². The predicted molar refractivity (Wildman–Crippen MR) is 150 cm³/mol. The first-order chi connectivity index (χ1) is 17.5. The number of aromatic nitrogens is 1. The number of amides is 1. The molecule has 0 saturated carbocycles. The minimum absolute atomic E-state index is 0.0523. The summed E-state index contributed by atoms with van der Waals surface area (Å²) < 4.78 is 3.44. The molecule has 0 fully saturated rings. The quantitative estimate of drug-likeness (QED) is 0.136. The summed E-state index contributed by atoms with van der Waals surface area (Å²) in [5.41, 5.74) is 5.41. The number of nitrogens with one attached hydrogen (secondary N) is 1. The number of thiophene rings is 1. The molecule has 6 heteroatoms. The molecular weight excluding hydrogens is 468 g/mol. The molecule has 2 aromatic carbocycles. The monoisotopic (exact) mass is 500 g/mol. The van der Waals surface area contributed by atoms with Crippen LogP contribution in [0.1, 0.15) is 59.0 Å². The first-order valence-electron chi connectivity index (χ1n) is 12.1. The van der Waals surface area contributed by atoms with Crippen LogP contribution >= 0.6 is 11.3 Å². The Morgan fingerprint density at radius 1 is 1.14 bits per heavy atom. The van der Waals surface area contributed by atoms with E-state index >= 15 is 0 Å². The summed E-state index contributed by atoms with van der Waals surface area (Å²) in [5.74, 6) is 0.207. The third-order valence-corrected chi connectivity index (χ3v) is 6.91. The average molecular weight is 501 g/mol. The Morgan fingerprint density at radius 2 is 1.92 bits per heavy atom. The Kier molecular flexibility index (Phi) is 9.53. The third kappa shape index (κ3) is 5.89. The van der Waals surface area contributed by atoms with Crippen LogP contribution in [-0.4, -0.2) is 22.5 Å². The van der Waals surface area contributed by atoms with Gasteiger partial charge in [0.05, 0.1) is 0 Å². The zero-order valence-electron chi connectivity index (χ0n) is 21.0. The van der Waals surface area contributed by atoms with Crippen molar-refractivity contribution in [3.8, 4) is 0 Å². The van der Waals surface area contributed by atoms with Gasteiger partial charge in [-0.3, -0.25) is 14.4 Å². The second kappa shape index (κ2) is 12.8. The minimum Gasteiger partial charge on any atom is -0.348 e. The molecule has 36 heavy (non-hydrogen) atoms. The van der Waals surface area contributed by atoms with Crippen molar-refractivity contribution < 1.29 is 14.4 Å². The van der Waals surface area contributed by atoms with Crippen LogP contribution in [0.25, 0.3) is 21.0 Å². The number of carbonyl (C=O) groups excluding carboxylic acids is 3. The molecule has 5 nitrogen and oxygen atoms in total. The van der Waals surface area contributed by atoms with Gasteiger partial charge >= 0.3 is 0 Å². The molecule has 0 spiro atoms. The highest BCUT2D eigenvalue weighted by molar-refractivity contribution is 7.17. The van der Waals surface area contributed by atoms with Crippen LogP contribution in [0.2, 0.25) is 0 Å². The summed E-state index contributed by atoms with van der Waals surface area (Å²) in [6, 6.07) is 11.9. The number of hydrogen-bond acceptors (Lipinski definition) is 4. The van der Waals surface area contributed by atoms with Crippen molar-refractivity contribution >= 4 is 50.3 Å². The molecule has 1 N–H and O–H groups in total. The Bertz CT molecular complexity index is 1420. The zero-order chi connectivity index (χ0) is 26.1. The number of allylic oxidation sites excluding steroid dienone is 3. The minimum atomic E-state index is 0.0523. The number of benzene rings is 2. The molecule has 2 aromatic heterocycles. The highest BCUT2D eigenvalue weighted by atomic mass is 32.1. The molecule has 0 radical (unpaired) electrons. The fraction of sp³-hybridized carbons (Fsp3) is 0.233. The fourth-order valence-corrected chi connectivity index (χ4v) is 5.31. The lowest BCUT2D eigenvalue weighted by Crippen LogP contribution is -2.26. The number of ketones is 1. The van der Waals surface area contributed by atoms with Crippen LogP contribution in [0, 0.1) is 0 Å². The standard InChI is InChI=1S/C15H19NO.C10H7NOS.C5H6O/c1-4-7-12-10-16(5-2)14-9-6-8-13(11(3)17)15(12)14;12-10-7-2-1-3-8-9(7)6(4-11-10)5-13-8;1-2-3-4-5-6/h6,8-10H,4-5,7H2,1-3H3;1-3,5H,4H2,(H,11,12);2-5H,1H2/b;;4-3+. The average Bonchev–Trinajstić information content (AvgIpc) is 3.48. The van der Waals surface area contributed by atoms with Gasteiger partial charge < -0.3 is 9.88 Å². The van der Waals surface area contributed by atoms with Gasteiger partial charge in [0.15, 0.2) is 5.78 Å². The second-order valence-corrected chi connectivity index (χ2v) is 9.24. The molecule has 1 aliphatic rings. The number of fused-ring (bicyclic) bond motifs is 1. The van der Waals surface area contributed by atoms with Gasteiger partial charge in [-0.25, -0.2) is 0 Å². The van der Waals surface area contributed by atoms with Gasteiger partial charge in [-0.05, 0) is 61.1 Å². The maximum Gasteiger partial charge on any atom is 0.252 e. The smallest absolute Gasteiger partial charge is 0.252 e. The largest absolute Gasteiger partial charge is 0.348 e. The number of hydrogen-bond donors (Lipinski definition) is 1. The van der Waals surface area contributed by atoms with Gasteiger partial charge in [0.2, 0.25) is 0 Å². The van der Waals surface area contributed by atoms with Gasteiger partial charge in [-0.15, -0.1) is 11.3 Å². The van der Waals surface area contributed by atoms with E-state index in [4.69, 9.17) is 0 Å². The van der Waals surface area contributed by atoms with Crippen molar-refractivity contribution in [2.75, 3.05) is 0 Å². The van der Waals surface area contributed by atoms with Crippen molar-refractivity contribution in [3.05, 3.63) is 95.0 Å². The van der Waals surface area contributed by atoms with E-state index in [-0.39, 0.29) is 11.7 Å². The molecule has 0 atom stereocenters. The summed E-state index contributed by atoms with van der Waals surface area (Å²) in [6.07, 6.45) is 9.56. The Labute approximate surface area is 216 Å². The maximum absolute atomic E-state index is 11.7. The SMILES string of the molecule is C=C/C=C/C=O.CCCc1cn(CC)c2cccc(C(C)=O)c12.O=C1NCc2csc3cccc1c23. The number of rotatable bonds is 6. The van der Waals surface area contributed by atoms with Crippen molar-refractivity contribution in [2.45, 2.75) is 46.7 Å². The Morgan fingerprint density at radius 3 is 2.56 bits per heavy atom. The van der Waals surface area contributed by atoms with Gasteiger partial charge in [0.1, 0.15) is 6.29 Å². The summed E-state index contributed by atoms with van der Waals surface area (Å²) in [7, 11) is 0. The van der Waals surface area contributed by atoms with Crippen LogP contribution in [0.15, 0.2) is 72.8 Å². The lowest BCUT2D eigenvalue weighted by Gasteiger charge is -2.12. The van der Waals surface area contributed by atoms with E-state index < -0.39 is 0 Å². The highest BCUT2D eigenvalue weighted by Crippen LogP contribution is 2.31. The first kappa shape index (κ1) is 26.8. The lowest BCUT2D eigenvalue weighted by atomic mass is 10.0. The van der Waals surface area contributed by atoms with E-state index in [0.29, 0.717) is 12.8 Å². The summed E-state index contributed by atoms with van der Waals surface area (Å²) >= 11 is 1.70. The third-order valence-electron chi connectivity index (χ3n) is 5.91. The number of aryl methyl sites for hydroxylation is 2. The molecule has 1 amide bonds. The number of Topliss-reactive ketones (excluding diaryl/α,β-unsaturated/α-hetero) is 1. The number of carbonyl (C=O) groups is 3. The number of nitrogens with zero attached hydrogens (tertiary/aromatic N) is 1. The van der Waals surface area contributed by atoms with Crippen LogP contribution in [0.5, 0.6) is 0 Å². The molecule has 186 valence electrons.